The molecule has 2 amide bonds. The predicted octanol–water partition coefficient (Wildman–Crippen LogP) is 5.71. The highest BCUT2D eigenvalue weighted by molar-refractivity contribution is 7.92. The smallest absolute Gasteiger partial charge is 0.264 e. The van der Waals surface area contributed by atoms with Gasteiger partial charge in [-0.05, 0) is 73.9 Å². The summed E-state index contributed by atoms with van der Waals surface area (Å²) >= 11 is 6.06. The monoisotopic (exact) mass is 587 g/mol. The molecule has 3 aromatic carbocycles. The second-order valence-corrected chi connectivity index (χ2v) is 11.8. The number of carbonyl (C=O) groups is 2. The minimum Gasteiger partial charge on any atom is -0.354 e. The Hall–Kier alpha value is -3.43. The normalized spacial score (nSPS) is 12.0. The average molecular weight is 588 g/mol. The molecule has 1 atom stereocenters. The Kier molecular flexibility index (Phi) is 11.1. The number of nitrogens with one attached hydrogen (secondary N) is 1. The number of unbranched alkanes of at least 4 members (excludes halogenated alkanes) is 1. The van der Waals surface area contributed by atoms with Gasteiger partial charge in [0.1, 0.15) is 18.4 Å². The van der Waals surface area contributed by atoms with Gasteiger partial charge in [0.2, 0.25) is 11.8 Å². The Morgan fingerprint density at radius 1 is 0.950 bits per heavy atom. The fourth-order valence-corrected chi connectivity index (χ4v) is 5.73. The molecule has 0 spiro atoms. The van der Waals surface area contributed by atoms with Gasteiger partial charge in [-0.3, -0.25) is 13.9 Å². The minimum absolute atomic E-state index is 0.00213. The molecule has 0 saturated heterocycles. The molecule has 0 aliphatic rings. The van der Waals surface area contributed by atoms with Gasteiger partial charge in [0.25, 0.3) is 10.0 Å². The number of hydrogen-bond acceptors (Lipinski definition) is 4. The molecule has 0 aromatic heterocycles. The minimum atomic E-state index is -4.17. The van der Waals surface area contributed by atoms with Crippen LogP contribution in [0.25, 0.3) is 0 Å². The van der Waals surface area contributed by atoms with E-state index in [0.29, 0.717) is 23.6 Å². The van der Waals surface area contributed by atoms with E-state index < -0.39 is 34.3 Å². The van der Waals surface area contributed by atoms with Crippen LogP contribution in [0, 0.1) is 12.7 Å². The van der Waals surface area contributed by atoms with Crippen LogP contribution in [0.1, 0.15) is 44.2 Å². The molecule has 10 heteroatoms. The highest BCUT2D eigenvalue weighted by Crippen LogP contribution is 2.26. The van der Waals surface area contributed by atoms with Crippen molar-refractivity contribution in [2.24, 2.45) is 0 Å². The molecule has 3 aromatic rings. The molecule has 1 N–H and O–H groups in total. The summed E-state index contributed by atoms with van der Waals surface area (Å²) in [4.78, 5) is 28.5. The number of sulfonamides is 1. The zero-order valence-corrected chi connectivity index (χ0v) is 24.5. The Morgan fingerprint density at radius 2 is 1.57 bits per heavy atom. The van der Waals surface area contributed by atoms with Gasteiger partial charge in [0.15, 0.2) is 0 Å². The first-order valence-electron chi connectivity index (χ1n) is 13.2. The zero-order valence-electron chi connectivity index (χ0n) is 22.9. The van der Waals surface area contributed by atoms with Crippen LogP contribution in [-0.4, -0.2) is 44.3 Å². The highest BCUT2D eigenvalue weighted by Gasteiger charge is 2.33. The van der Waals surface area contributed by atoms with Crippen molar-refractivity contribution in [1.29, 1.82) is 0 Å². The molecule has 0 fully saturated rings. The fourth-order valence-electron chi connectivity index (χ4n) is 4.19. The van der Waals surface area contributed by atoms with Crippen molar-refractivity contribution in [3.05, 3.63) is 94.8 Å². The molecule has 0 saturated carbocycles. The molecule has 0 aliphatic heterocycles. The maximum absolute atomic E-state index is 14.0. The summed E-state index contributed by atoms with van der Waals surface area (Å²) in [5.74, 6) is -1.33. The summed E-state index contributed by atoms with van der Waals surface area (Å²) in [6.07, 6.45) is 1.98. The van der Waals surface area contributed by atoms with Gasteiger partial charge in [-0.2, -0.15) is 0 Å². The van der Waals surface area contributed by atoms with Crippen LogP contribution in [0.3, 0.4) is 0 Å². The lowest BCUT2D eigenvalue weighted by atomic mass is 10.1. The largest absolute Gasteiger partial charge is 0.354 e. The Morgan fingerprint density at radius 3 is 2.15 bits per heavy atom. The molecule has 0 bridgehead atoms. The van der Waals surface area contributed by atoms with Gasteiger partial charge in [-0.15, -0.1) is 0 Å². The van der Waals surface area contributed by atoms with Crippen LogP contribution in [0.15, 0.2) is 77.7 Å². The third kappa shape index (κ3) is 8.05. The van der Waals surface area contributed by atoms with Crippen LogP contribution < -0.4 is 9.62 Å². The van der Waals surface area contributed by atoms with Gasteiger partial charge in [-0.1, -0.05) is 61.7 Å². The van der Waals surface area contributed by atoms with Crippen LogP contribution >= 0.6 is 11.6 Å². The summed E-state index contributed by atoms with van der Waals surface area (Å²) in [6.45, 7) is 5.54. The lowest BCUT2D eigenvalue weighted by Crippen LogP contribution is -2.52. The first-order valence-corrected chi connectivity index (χ1v) is 15.0. The number of benzene rings is 3. The van der Waals surface area contributed by atoms with Gasteiger partial charge < -0.3 is 10.2 Å². The summed E-state index contributed by atoms with van der Waals surface area (Å²) < 4.78 is 42.3. The molecule has 214 valence electrons. The van der Waals surface area contributed by atoms with E-state index in [-0.39, 0.29) is 23.0 Å². The number of nitrogens with zero attached hydrogens (tertiary/aromatic N) is 2. The molecular weight excluding hydrogens is 553 g/mol. The summed E-state index contributed by atoms with van der Waals surface area (Å²) in [5, 5.41) is 3.29. The Labute approximate surface area is 241 Å². The third-order valence-corrected chi connectivity index (χ3v) is 8.52. The lowest BCUT2D eigenvalue weighted by molar-refractivity contribution is -0.140. The predicted molar refractivity (Wildman–Crippen MR) is 156 cm³/mol. The van der Waals surface area contributed by atoms with Crippen molar-refractivity contribution in [1.82, 2.24) is 10.2 Å². The molecule has 1 unspecified atom stereocenters. The van der Waals surface area contributed by atoms with Crippen LogP contribution in [-0.2, 0) is 26.2 Å². The summed E-state index contributed by atoms with van der Waals surface area (Å²) in [6, 6.07) is 17.3. The van der Waals surface area contributed by atoms with Gasteiger partial charge >= 0.3 is 0 Å². The summed E-state index contributed by atoms with van der Waals surface area (Å²) in [5.41, 5.74) is 1.74. The lowest BCUT2D eigenvalue weighted by Gasteiger charge is -2.33. The van der Waals surface area contributed by atoms with E-state index in [1.54, 1.807) is 31.2 Å². The third-order valence-electron chi connectivity index (χ3n) is 6.48. The standard InChI is InChI=1S/C30H35ClFN3O4S/c1-4-6-19-33-30(37)28(5-2)34(20-23-9-13-25(32)14-10-23)29(36)21-35(26-15-11-24(31)12-16-26)40(38,39)27-17-7-22(3)8-18-27/h7-18,28H,4-6,19-21H2,1-3H3,(H,33,37). The zero-order chi connectivity index (χ0) is 29.3. The van der Waals surface area contributed by atoms with Crippen LogP contribution in [0.4, 0.5) is 10.1 Å². The topological polar surface area (TPSA) is 86.8 Å². The number of hydrogen-bond donors (Lipinski definition) is 1. The van der Waals surface area contributed by atoms with E-state index in [2.05, 4.69) is 5.32 Å². The highest BCUT2D eigenvalue weighted by atomic mass is 35.5. The second-order valence-electron chi connectivity index (χ2n) is 9.52. The number of anilines is 1. The number of amides is 2. The first-order chi connectivity index (χ1) is 19.1. The molecule has 7 nitrogen and oxygen atoms in total. The van der Waals surface area contributed by atoms with Crippen LogP contribution in [0.5, 0.6) is 0 Å². The molecule has 40 heavy (non-hydrogen) atoms. The van der Waals surface area contributed by atoms with Gasteiger partial charge in [0, 0.05) is 18.1 Å². The van der Waals surface area contributed by atoms with Gasteiger partial charge in [0.05, 0.1) is 10.6 Å². The molecule has 0 aliphatic carbocycles. The molecule has 0 heterocycles. The average Bonchev–Trinajstić information content (AvgIpc) is 2.93. The Bertz CT molecular complexity index is 1380. The maximum atomic E-state index is 14.0. The van der Waals surface area contributed by atoms with Crippen molar-refractivity contribution in [3.8, 4) is 0 Å². The number of halogens is 2. The van der Waals surface area contributed by atoms with Crippen molar-refractivity contribution in [3.63, 3.8) is 0 Å². The van der Waals surface area contributed by atoms with Crippen molar-refractivity contribution >= 4 is 39.1 Å². The van der Waals surface area contributed by atoms with Crippen molar-refractivity contribution in [2.75, 3.05) is 17.4 Å². The quantitative estimate of drug-likeness (QED) is 0.260. The van der Waals surface area contributed by atoms with Crippen LogP contribution in [0.2, 0.25) is 5.02 Å². The summed E-state index contributed by atoms with van der Waals surface area (Å²) in [7, 11) is -4.17. The Balaban J connectivity index is 2.02. The SMILES string of the molecule is CCCCNC(=O)C(CC)N(Cc1ccc(F)cc1)C(=O)CN(c1ccc(Cl)cc1)S(=O)(=O)c1ccc(C)cc1. The van der Waals surface area contributed by atoms with Gasteiger partial charge in [-0.25, -0.2) is 12.8 Å². The van der Waals surface area contributed by atoms with Crippen molar-refractivity contribution < 1.29 is 22.4 Å². The van der Waals surface area contributed by atoms with E-state index in [1.807, 2.05) is 13.8 Å². The van der Waals surface area contributed by atoms with Crippen molar-refractivity contribution in [2.45, 2.75) is 57.5 Å². The number of carbonyl (C=O) groups excluding carboxylic acids is 2. The fraction of sp³-hybridized carbons (Fsp3) is 0.333. The van der Waals surface area contributed by atoms with E-state index in [0.717, 1.165) is 22.7 Å². The number of rotatable bonds is 13. The second kappa shape index (κ2) is 14.3. The molecule has 3 rings (SSSR count). The molecule has 0 radical (unpaired) electrons. The maximum Gasteiger partial charge on any atom is 0.264 e. The van der Waals surface area contributed by atoms with E-state index in [9.17, 15) is 22.4 Å². The van der Waals surface area contributed by atoms with E-state index in [4.69, 9.17) is 11.6 Å². The van der Waals surface area contributed by atoms with E-state index >= 15 is 0 Å². The first kappa shape index (κ1) is 31.1. The number of aryl methyl sites for hydroxylation is 1. The van der Waals surface area contributed by atoms with E-state index in [1.165, 1.54) is 53.4 Å². The molecular formula is C30H35ClFN3O4S.